The molecule has 3 aromatic rings. The third-order valence-electron chi connectivity index (χ3n) is 5.51. The molecule has 0 fully saturated rings. The molecule has 6 nitrogen and oxygen atoms in total. The lowest BCUT2D eigenvalue weighted by molar-refractivity contribution is -0.137. The number of hydrazone groups is 1. The van der Waals surface area contributed by atoms with Gasteiger partial charge in [-0.15, -0.1) is 0 Å². The molecule has 0 radical (unpaired) electrons. The Bertz CT molecular complexity index is 1260. The molecule has 0 unspecified atom stereocenters. The average molecular weight is 453 g/mol. The Morgan fingerprint density at radius 2 is 1.79 bits per heavy atom. The van der Waals surface area contributed by atoms with Crippen LogP contribution >= 0.6 is 0 Å². The molecule has 0 saturated carbocycles. The molecule has 168 valence electrons. The fourth-order valence-corrected chi connectivity index (χ4v) is 3.82. The third-order valence-corrected chi connectivity index (χ3v) is 5.51. The van der Waals surface area contributed by atoms with Crippen molar-refractivity contribution in [1.29, 1.82) is 0 Å². The molecule has 0 atom stereocenters. The van der Waals surface area contributed by atoms with E-state index in [-0.39, 0.29) is 12.7 Å². The van der Waals surface area contributed by atoms with Crippen LogP contribution in [0.15, 0.2) is 65.8 Å². The summed E-state index contributed by atoms with van der Waals surface area (Å²) in [5.74, 6) is 0.898. The number of rotatable bonds is 4. The summed E-state index contributed by atoms with van der Waals surface area (Å²) in [4.78, 5) is 14.4. The number of halogens is 3. The second kappa shape index (κ2) is 8.16. The van der Waals surface area contributed by atoms with Gasteiger partial charge in [-0.3, -0.25) is 4.79 Å². The van der Waals surface area contributed by atoms with Gasteiger partial charge in [0.1, 0.15) is 0 Å². The molecule has 1 N–H and O–H groups in total. The molecular weight excluding hydrogens is 435 g/mol. The van der Waals surface area contributed by atoms with Gasteiger partial charge in [0.05, 0.1) is 11.8 Å². The molecule has 0 saturated heterocycles. The van der Waals surface area contributed by atoms with Crippen molar-refractivity contribution >= 4 is 17.8 Å². The number of hydrogen-bond acceptors (Lipinski definition) is 5. The van der Waals surface area contributed by atoms with Crippen LogP contribution in [0.1, 0.15) is 32.6 Å². The van der Waals surface area contributed by atoms with Crippen molar-refractivity contribution in [2.45, 2.75) is 19.3 Å². The first-order chi connectivity index (χ1) is 15.9. The molecule has 2 aliphatic heterocycles. The predicted octanol–water partition coefficient (Wildman–Crippen LogP) is 4.72. The van der Waals surface area contributed by atoms with Gasteiger partial charge in [-0.25, -0.2) is 5.43 Å². The van der Waals surface area contributed by atoms with Gasteiger partial charge in [-0.2, -0.15) is 18.3 Å². The minimum absolute atomic E-state index is 0.177. The monoisotopic (exact) mass is 453 g/mol. The maximum atomic E-state index is 13.0. The zero-order chi connectivity index (χ0) is 23.0. The number of fused-ring (bicyclic) bond motifs is 2. The average Bonchev–Trinajstić information content (AvgIpc) is 3.44. The second-order valence-corrected chi connectivity index (χ2v) is 7.70. The van der Waals surface area contributed by atoms with Crippen molar-refractivity contribution < 1.29 is 27.4 Å². The van der Waals surface area contributed by atoms with Crippen LogP contribution in [0.5, 0.6) is 11.5 Å². The summed E-state index contributed by atoms with van der Waals surface area (Å²) in [6.45, 7) is 1.06. The van der Waals surface area contributed by atoms with Crippen LogP contribution in [0.3, 0.4) is 0 Å². The van der Waals surface area contributed by atoms with Crippen LogP contribution in [0.25, 0.3) is 0 Å². The number of carbonyl (C=O) groups is 1. The summed E-state index contributed by atoms with van der Waals surface area (Å²) in [5.41, 5.74) is 5.31. The summed E-state index contributed by atoms with van der Waals surface area (Å²) in [6.07, 6.45) is -2.89. The SMILES string of the molecule is O=C(N/N=C/c1ccc2c(c1)OCO2)c1ccc2c(c1)CN(c1cccc(C(F)(F)F)c1)C2. The molecule has 3 aromatic carbocycles. The van der Waals surface area contributed by atoms with Crippen molar-refractivity contribution in [3.05, 3.63) is 88.5 Å². The number of carbonyl (C=O) groups excluding carboxylic acids is 1. The van der Waals surface area contributed by atoms with Crippen molar-refractivity contribution in [2.75, 3.05) is 11.7 Å². The Labute approximate surface area is 187 Å². The van der Waals surface area contributed by atoms with Gasteiger partial charge < -0.3 is 14.4 Å². The zero-order valence-corrected chi connectivity index (χ0v) is 17.2. The summed E-state index contributed by atoms with van der Waals surface area (Å²) >= 11 is 0. The molecular formula is C24H18F3N3O3. The van der Waals surface area contributed by atoms with Gasteiger partial charge >= 0.3 is 6.18 Å². The number of hydrogen-bond donors (Lipinski definition) is 1. The van der Waals surface area contributed by atoms with E-state index < -0.39 is 11.7 Å². The Balaban J connectivity index is 1.25. The maximum Gasteiger partial charge on any atom is 0.416 e. The molecule has 0 aromatic heterocycles. The van der Waals surface area contributed by atoms with Crippen LogP contribution in [-0.4, -0.2) is 18.9 Å². The van der Waals surface area contributed by atoms with Gasteiger partial charge in [0.15, 0.2) is 11.5 Å². The Hall–Kier alpha value is -4.01. The summed E-state index contributed by atoms with van der Waals surface area (Å²) < 4.78 is 49.7. The van der Waals surface area contributed by atoms with E-state index >= 15 is 0 Å². The van der Waals surface area contributed by atoms with Crippen molar-refractivity contribution in [1.82, 2.24) is 5.43 Å². The molecule has 0 aliphatic carbocycles. The predicted molar refractivity (Wildman–Crippen MR) is 115 cm³/mol. The van der Waals surface area contributed by atoms with Crippen molar-refractivity contribution in [3.8, 4) is 11.5 Å². The number of benzene rings is 3. The van der Waals surface area contributed by atoms with Crippen LogP contribution < -0.4 is 19.8 Å². The van der Waals surface area contributed by atoms with Gasteiger partial charge in [0, 0.05) is 24.3 Å². The normalized spacial score (nSPS) is 14.6. The van der Waals surface area contributed by atoms with E-state index in [0.717, 1.165) is 28.8 Å². The van der Waals surface area contributed by atoms with Crippen molar-refractivity contribution in [2.24, 2.45) is 5.10 Å². The lowest BCUT2D eigenvalue weighted by Gasteiger charge is -2.19. The fourth-order valence-electron chi connectivity index (χ4n) is 3.82. The van der Waals surface area contributed by atoms with Crippen LogP contribution in [0, 0.1) is 0 Å². The van der Waals surface area contributed by atoms with Gasteiger partial charge in [-0.1, -0.05) is 12.1 Å². The first-order valence-electron chi connectivity index (χ1n) is 10.1. The van der Waals surface area contributed by atoms with E-state index in [0.29, 0.717) is 35.8 Å². The molecule has 1 amide bonds. The molecule has 2 heterocycles. The summed E-state index contributed by atoms with van der Waals surface area (Å²) in [7, 11) is 0. The highest BCUT2D eigenvalue weighted by Gasteiger charge is 2.31. The summed E-state index contributed by atoms with van der Waals surface area (Å²) in [5, 5.41) is 3.99. The highest BCUT2D eigenvalue weighted by molar-refractivity contribution is 5.95. The largest absolute Gasteiger partial charge is 0.454 e. The topological polar surface area (TPSA) is 63.2 Å². The number of nitrogens with one attached hydrogen (secondary N) is 1. The van der Waals surface area contributed by atoms with E-state index in [1.807, 2.05) is 11.0 Å². The first-order valence-corrected chi connectivity index (χ1v) is 10.1. The van der Waals surface area contributed by atoms with Crippen LogP contribution in [0.2, 0.25) is 0 Å². The van der Waals surface area contributed by atoms with E-state index in [2.05, 4.69) is 10.5 Å². The Morgan fingerprint density at radius 1 is 0.970 bits per heavy atom. The zero-order valence-electron chi connectivity index (χ0n) is 17.2. The highest BCUT2D eigenvalue weighted by Crippen LogP contribution is 2.35. The van der Waals surface area contributed by atoms with E-state index in [1.165, 1.54) is 12.3 Å². The number of alkyl halides is 3. The highest BCUT2D eigenvalue weighted by atomic mass is 19.4. The number of anilines is 1. The van der Waals surface area contributed by atoms with Gasteiger partial charge in [-0.05, 0) is 65.2 Å². The quantitative estimate of drug-likeness (QED) is 0.459. The maximum absolute atomic E-state index is 13.0. The smallest absolute Gasteiger partial charge is 0.416 e. The Kier molecular flexibility index (Phi) is 5.16. The minimum Gasteiger partial charge on any atom is -0.454 e. The molecule has 9 heteroatoms. The molecule has 5 rings (SSSR count). The van der Waals surface area contributed by atoms with Crippen molar-refractivity contribution in [3.63, 3.8) is 0 Å². The summed E-state index contributed by atoms with van der Waals surface area (Å²) in [6, 6.07) is 15.8. The molecule has 0 bridgehead atoms. The third kappa shape index (κ3) is 4.34. The van der Waals surface area contributed by atoms with Crippen LogP contribution in [0.4, 0.5) is 18.9 Å². The molecule has 2 aliphatic rings. The van der Waals surface area contributed by atoms with E-state index in [1.54, 1.807) is 36.4 Å². The number of nitrogens with zero attached hydrogens (tertiary/aromatic N) is 2. The first kappa shape index (κ1) is 20.9. The standard InChI is InChI=1S/C24H18F3N3O3/c25-24(26,27)19-2-1-3-20(10-19)30-12-17-6-5-16(9-18(17)13-30)23(31)29-28-11-15-4-7-21-22(8-15)33-14-32-21/h1-11H,12-14H2,(H,29,31)/b28-11+. The van der Waals surface area contributed by atoms with E-state index in [9.17, 15) is 18.0 Å². The molecule has 33 heavy (non-hydrogen) atoms. The lowest BCUT2D eigenvalue weighted by Crippen LogP contribution is -2.18. The van der Waals surface area contributed by atoms with E-state index in [4.69, 9.17) is 9.47 Å². The lowest BCUT2D eigenvalue weighted by atomic mass is 10.1. The number of ether oxygens (including phenoxy) is 2. The fraction of sp³-hybridized carbons (Fsp3) is 0.167. The van der Waals surface area contributed by atoms with Gasteiger partial charge in [0.2, 0.25) is 6.79 Å². The molecule has 0 spiro atoms. The second-order valence-electron chi connectivity index (χ2n) is 7.70. The number of amides is 1. The van der Waals surface area contributed by atoms with Crippen LogP contribution in [-0.2, 0) is 19.3 Å². The van der Waals surface area contributed by atoms with Gasteiger partial charge in [0.25, 0.3) is 5.91 Å². The Morgan fingerprint density at radius 3 is 2.64 bits per heavy atom. The minimum atomic E-state index is -4.39.